The number of hydrogen-bond acceptors (Lipinski definition) is 3. The van der Waals surface area contributed by atoms with Gasteiger partial charge in [-0.25, -0.2) is 0 Å². The Hall–Kier alpha value is -1.76. The Bertz CT molecular complexity index is 590. The molecule has 0 radical (unpaired) electrons. The summed E-state index contributed by atoms with van der Waals surface area (Å²) in [5.74, 6) is 0.0390. The topological polar surface area (TPSA) is 41.6 Å². The van der Waals surface area contributed by atoms with Gasteiger partial charge in [0.05, 0.1) is 0 Å². The standard InChI is InChI=1S/C19H27F3N2O2/c1-14(2)24-11-5-6-15(13-24)12-23-18(25)10-9-16-7-3-4-8-17(16)26-19(20,21)22/h3-4,7-8,14-15H,5-6,9-13H2,1-2H3,(H,23,25). The van der Waals surface area contributed by atoms with Gasteiger partial charge in [-0.15, -0.1) is 13.2 Å². The molecule has 1 aliphatic rings. The van der Waals surface area contributed by atoms with Crippen LogP contribution in [0.5, 0.6) is 5.75 Å². The maximum Gasteiger partial charge on any atom is 0.573 e. The minimum absolute atomic E-state index is 0.138. The Balaban J connectivity index is 1.79. The molecular formula is C19H27F3N2O2. The first-order valence-corrected chi connectivity index (χ1v) is 9.09. The number of amides is 1. The number of benzene rings is 1. The van der Waals surface area contributed by atoms with Crippen molar-refractivity contribution in [1.82, 2.24) is 10.2 Å². The molecule has 1 heterocycles. The van der Waals surface area contributed by atoms with Gasteiger partial charge in [0.2, 0.25) is 5.91 Å². The third kappa shape index (κ3) is 6.86. The molecule has 0 spiro atoms. The number of likely N-dealkylation sites (tertiary alicyclic amines) is 1. The molecule has 1 unspecified atom stereocenters. The van der Waals surface area contributed by atoms with Crippen LogP contribution in [0, 0.1) is 5.92 Å². The maximum atomic E-state index is 12.4. The smallest absolute Gasteiger partial charge is 0.406 e. The number of alkyl halides is 3. The van der Waals surface area contributed by atoms with Gasteiger partial charge in [-0.3, -0.25) is 4.79 Å². The fourth-order valence-electron chi connectivity index (χ4n) is 3.26. The summed E-state index contributed by atoms with van der Waals surface area (Å²) in [4.78, 5) is 14.5. The molecule has 7 heteroatoms. The molecule has 1 amide bonds. The Morgan fingerprint density at radius 1 is 1.35 bits per heavy atom. The van der Waals surface area contributed by atoms with E-state index in [0.717, 1.165) is 25.9 Å². The van der Waals surface area contributed by atoms with Gasteiger partial charge in [-0.05, 0) is 57.2 Å². The molecule has 1 fully saturated rings. The highest BCUT2D eigenvalue weighted by Crippen LogP contribution is 2.27. The summed E-state index contributed by atoms with van der Waals surface area (Å²) in [6, 6.07) is 6.44. The van der Waals surface area contributed by atoms with Crippen molar-refractivity contribution in [1.29, 1.82) is 0 Å². The number of nitrogens with zero attached hydrogens (tertiary/aromatic N) is 1. The molecule has 1 N–H and O–H groups in total. The molecule has 1 aromatic carbocycles. The minimum atomic E-state index is -4.73. The van der Waals surface area contributed by atoms with Crippen LogP contribution in [0.2, 0.25) is 0 Å². The van der Waals surface area contributed by atoms with Crippen LogP contribution in [0.1, 0.15) is 38.7 Å². The summed E-state index contributed by atoms with van der Waals surface area (Å²) in [7, 11) is 0. The summed E-state index contributed by atoms with van der Waals surface area (Å²) >= 11 is 0. The first kappa shape index (κ1) is 20.6. The van der Waals surface area contributed by atoms with E-state index < -0.39 is 6.36 Å². The van der Waals surface area contributed by atoms with Crippen molar-refractivity contribution >= 4 is 5.91 Å². The van der Waals surface area contributed by atoms with Crippen LogP contribution in [0.3, 0.4) is 0 Å². The Morgan fingerprint density at radius 3 is 2.77 bits per heavy atom. The summed E-state index contributed by atoms with van der Waals surface area (Å²) in [5.41, 5.74) is 0.378. The van der Waals surface area contributed by atoms with Crippen LogP contribution in [0.25, 0.3) is 0 Å². The molecule has 2 rings (SSSR count). The molecule has 146 valence electrons. The van der Waals surface area contributed by atoms with Crippen molar-refractivity contribution in [2.75, 3.05) is 19.6 Å². The summed E-state index contributed by atoms with van der Waals surface area (Å²) < 4.78 is 41.3. The highest BCUT2D eigenvalue weighted by Gasteiger charge is 2.32. The van der Waals surface area contributed by atoms with Crippen molar-refractivity contribution in [3.8, 4) is 5.75 Å². The third-order valence-electron chi connectivity index (χ3n) is 4.69. The van der Waals surface area contributed by atoms with Gasteiger partial charge in [0.25, 0.3) is 0 Å². The number of piperidine rings is 1. The lowest BCUT2D eigenvalue weighted by molar-refractivity contribution is -0.274. The number of ether oxygens (including phenoxy) is 1. The van der Waals surface area contributed by atoms with Crippen molar-refractivity contribution in [3.63, 3.8) is 0 Å². The van der Waals surface area contributed by atoms with E-state index in [2.05, 4.69) is 28.8 Å². The van der Waals surface area contributed by atoms with Gasteiger partial charge in [-0.2, -0.15) is 0 Å². The summed E-state index contributed by atoms with van der Waals surface area (Å²) in [6.07, 6.45) is -2.17. The Kier molecular flexibility index (Phi) is 7.32. The summed E-state index contributed by atoms with van der Waals surface area (Å²) in [5, 5.41) is 2.92. The number of aryl methyl sites for hydroxylation is 1. The predicted molar refractivity (Wildman–Crippen MR) is 93.9 cm³/mol. The first-order chi connectivity index (χ1) is 12.2. The average molecular weight is 372 g/mol. The van der Waals surface area contributed by atoms with E-state index in [1.807, 2.05) is 0 Å². The Morgan fingerprint density at radius 2 is 2.08 bits per heavy atom. The lowest BCUT2D eigenvalue weighted by Gasteiger charge is -2.35. The number of para-hydroxylation sites is 1. The molecule has 1 atom stereocenters. The quantitative estimate of drug-likeness (QED) is 0.793. The van der Waals surface area contributed by atoms with Crippen molar-refractivity contribution in [2.24, 2.45) is 5.92 Å². The lowest BCUT2D eigenvalue weighted by Crippen LogP contribution is -2.43. The monoisotopic (exact) mass is 372 g/mol. The number of carbonyl (C=O) groups excluding carboxylic acids is 1. The second kappa shape index (κ2) is 9.26. The zero-order chi connectivity index (χ0) is 19.2. The SMILES string of the molecule is CC(C)N1CCCC(CNC(=O)CCc2ccccc2OC(F)(F)F)C1. The number of rotatable bonds is 7. The molecule has 1 aliphatic heterocycles. The van der Waals surface area contributed by atoms with Crippen molar-refractivity contribution in [2.45, 2.75) is 51.9 Å². The minimum Gasteiger partial charge on any atom is -0.406 e. The van der Waals surface area contributed by atoms with Gasteiger partial charge in [0.15, 0.2) is 0 Å². The van der Waals surface area contributed by atoms with E-state index in [1.165, 1.54) is 12.1 Å². The zero-order valence-electron chi connectivity index (χ0n) is 15.3. The van der Waals surface area contributed by atoms with Gasteiger partial charge in [0, 0.05) is 25.6 Å². The van der Waals surface area contributed by atoms with E-state index in [-0.39, 0.29) is 24.5 Å². The molecule has 0 aliphatic carbocycles. The van der Waals surface area contributed by atoms with Gasteiger partial charge >= 0.3 is 6.36 Å². The fourth-order valence-corrected chi connectivity index (χ4v) is 3.26. The molecule has 0 saturated carbocycles. The Labute approximate surface area is 152 Å². The van der Waals surface area contributed by atoms with Crippen LogP contribution in [0.15, 0.2) is 24.3 Å². The van der Waals surface area contributed by atoms with Crippen LogP contribution in [0.4, 0.5) is 13.2 Å². The first-order valence-electron chi connectivity index (χ1n) is 9.09. The molecule has 4 nitrogen and oxygen atoms in total. The van der Waals surface area contributed by atoms with Crippen molar-refractivity contribution < 1.29 is 22.7 Å². The fraction of sp³-hybridized carbons (Fsp3) is 0.632. The number of halogens is 3. The normalized spacial score (nSPS) is 18.8. The van der Waals surface area contributed by atoms with E-state index in [0.29, 0.717) is 24.1 Å². The number of nitrogens with one attached hydrogen (secondary N) is 1. The van der Waals surface area contributed by atoms with E-state index in [4.69, 9.17) is 0 Å². The van der Waals surface area contributed by atoms with Gasteiger partial charge in [-0.1, -0.05) is 18.2 Å². The molecule has 1 saturated heterocycles. The average Bonchev–Trinajstić information content (AvgIpc) is 2.58. The largest absolute Gasteiger partial charge is 0.573 e. The molecular weight excluding hydrogens is 345 g/mol. The highest BCUT2D eigenvalue weighted by molar-refractivity contribution is 5.76. The number of hydrogen-bond donors (Lipinski definition) is 1. The van der Waals surface area contributed by atoms with Crippen LogP contribution < -0.4 is 10.1 Å². The number of carbonyl (C=O) groups is 1. The molecule has 26 heavy (non-hydrogen) atoms. The molecule has 0 aromatic heterocycles. The second-order valence-electron chi connectivity index (χ2n) is 7.06. The highest BCUT2D eigenvalue weighted by atomic mass is 19.4. The zero-order valence-corrected chi connectivity index (χ0v) is 15.3. The summed E-state index contributed by atoms with van der Waals surface area (Å²) in [6.45, 7) is 7.02. The van der Waals surface area contributed by atoms with Crippen LogP contribution in [-0.2, 0) is 11.2 Å². The van der Waals surface area contributed by atoms with Crippen molar-refractivity contribution in [3.05, 3.63) is 29.8 Å². The van der Waals surface area contributed by atoms with Gasteiger partial charge < -0.3 is 15.0 Å². The maximum absolute atomic E-state index is 12.4. The third-order valence-corrected chi connectivity index (χ3v) is 4.69. The van der Waals surface area contributed by atoms with Gasteiger partial charge in [0.1, 0.15) is 5.75 Å². The molecule has 0 bridgehead atoms. The lowest BCUT2D eigenvalue weighted by atomic mass is 9.97. The van der Waals surface area contributed by atoms with E-state index in [1.54, 1.807) is 12.1 Å². The van der Waals surface area contributed by atoms with Crippen LogP contribution >= 0.6 is 0 Å². The predicted octanol–water partition coefficient (Wildman–Crippen LogP) is 3.75. The second-order valence-corrected chi connectivity index (χ2v) is 7.06. The van der Waals surface area contributed by atoms with E-state index >= 15 is 0 Å². The van der Waals surface area contributed by atoms with E-state index in [9.17, 15) is 18.0 Å². The molecule has 1 aromatic rings. The van der Waals surface area contributed by atoms with Crippen LogP contribution in [-0.4, -0.2) is 42.8 Å².